The van der Waals surface area contributed by atoms with Crippen LogP contribution in [0.5, 0.6) is 0 Å². The van der Waals surface area contributed by atoms with E-state index in [0.717, 1.165) is 35.0 Å². The standard InChI is InChI=1S/C15H22N2O2S/c1-10-13(15(19)17-8-4-7-12(18)9-17)20-14(16-10)11-5-2-3-6-11/h11-12,18H,2-9H2,1H3. The Hall–Kier alpha value is -0.940. The number of aryl methyl sites for hydroxylation is 1. The number of amides is 1. The van der Waals surface area contributed by atoms with Crippen molar-refractivity contribution in [2.75, 3.05) is 13.1 Å². The molecule has 110 valence electrons. The molecule has 0 aromatic carbocycles. The lowest BCUT2D eigenvalue weighted by Gasteiger charge is -2.29. The third-order valence-electron chi connectivity index (χ3n) is 4.40. The normalized spacial score (nSPS) is 24.3. The number of nitrogens with zero attached hydrogens (tertiary/aromatic N) is 2. The Morgan fingerprint density at radius 1 is 1.30 bits per heavy atom. The second-order valence-corrected chi connectivity index (χ2v) is 7.03. The molecular formula is C15H22N2O2S. The molecule has 1 aliphatic carbocycles. The molecule has 20 heavy (non-hydrogen) atoms. The van der Waals surface area contributed by atoms with Crippen LogP contribution in [0, 0.1) is 6.92 Å². The quantitative estimate of drug-likeness (QED) is 0.912. The first-order valence-electron chi connectivity index (χ1n) is 7.60. The lowest BCUT2D eigenvalue weighted by Crippen LogP contribution is -2.42. The van der Waals surface area contributed by atoms with Gasteiger partial charge in [-0.1, -0.05) is 12.8 Å². The summed E-state index contributed by atoms with van der Waals surface area (Å²) in [5.41, 5.74) is 0.863. The summed E-state index contributed by atoms with van der Waals surface area (Å²) < 4.78 is 0. The highest BCUT2D eigenvalue weighted by Crippen LogP contribution is 2.37. The second kappa shape index (κ2) is 5.82. The van der Waals surface area contributed by atoms with Crippen molar-refractivity contribution in [3.05, 3.63) is 15.6 Å². The molecule has 1 amide bonds. The Balaban J connectivity index is 1.77. The molecule has 5 heteroatoms. The van der Waals surface area contributed by atoms with Crippen molar-refractivity contribution >= 4 is 17.2 Å². The lowest BCUT2D eigenvalue weighted by atomic mass is 10.1. The molecule has 1 saturated carbocycles. The van der Waals surface area contributed by atoms with Crippen molar-refractivity contribution in [3.63, 3.8) is 0 Å². The van der Waals surface area contributed by atoms with Crippen LogP contribution >= 0.6 is 11.3 Å². The Bertz CT molecular complexity index is 494. The number of aliphatic hydroxyl groups excluding tert-OH is 1. The van der Waals surface area contributed by atoms with Crippen LogP contribution in [-0.4, -0.2) is 40.1 Å². The first-order chi connectivity index (χ1) is 9.65. The number of rotatable bonds is 2. The Morgan fingerprint density at radius 2 is 2.05 bits per heavy atom. The van der Waals surface area contributed by atoms with E-state index in [4.69, 9.17) is 0 Å². The number of aromatic nitrogens is 1. The van der Waals surface area contributed by atoms with Gasteiger partial charge in [-0.2, -0.15) is 0 Å². The molecule has 1 aromatic heterocycles. The van der Waals surface area contributed by atoms with E-state index in [0.29, 0.717) is 12.5 Å². The van der Waals surface area contributed by atoms with Gasteiger partial charge >= 0.3 is 0 Å². The molecule has 1 aliphatic heterocycles. The molecule has 2 aliphatic rings. The monoisotopic (exact) mass is 294 g/mol. The van der Waals surface area contributed by atoms with Gasteiger partial charge in [-0.25, -0.2) is 4.98 Å². The minimum atomic E-state index is -0.366. The summed E-state index contributed by atoms with van der Waals surface area (Å²) in [5, 5.41) is 10.9. The molecule has 4 nitrogen and oxygen atoms in total. The molecular weight excluding hydrogens is 272 g/mol. The highest BCUT2D eigenvalue weighted by molar-refractivity contribution is 7.13. The predicted molar refractivity (Wildman–Crippen MR) is 79.2 cm³/mol. The van der Waals surface area contributed by atoms with Gasteiger partial charge in [-0.3, -0.25) is 4.79 Å². The number of hydrogen-bond donors (Lipinski definition) is 1. The minimum absolute atomic E-state index is 0.0583. The number of β-amino-alcohol motifs (C(OH)–C–C–N with tert-alkyl or cyclic N) is 1. The molecule has 0 bridgehead atoms. The average molecular weight is 294 g/mol. The summed E-state index contributed by atoms with van der Waals surface area (Å²) in [6, 6.07) is 0. The number of likely N-dealkylation sites (tertiary alicyclic amines) is 1. The molecule has 1 unspecified atom stereocenters. The van der Waals surface area contributed by atoms with E-state index >= 15 is 0 Å². The molecule has 2 fully saturated rings. The molecule has 1 aromatic rings. The number of hydrogen-bond acceptors (Lipinski definition) is 4. The predicted octanol–water partition coefficient (Wildman–Crippen LogP) is 2.71. The van der Waals surface area contributed by atoms with Gasteiger partial charge in [0.25, 0.3) is 5.91 Å². The van der Waals surface area contributed by atoms with Crippen molar-refractivity contribution in [1.82, 2.24) is 9.88 Å². The fraction of sp³-hybridized carbons (Fsp3) is 0.733. The van der Waals surface area contributed by atoms with Crippen LogP contribution in [-0.2, 0) is 0 Å². The van der Waals surface area contributed by atoms with Crippen LogP contribution in [0.2, 0.25) is 0 Å². The Labute approximate surface area is 123 Å². The number of aliphatic hydroxyl groups is 1. The molecule has 1 N–H and O–H groups in total. The second-order valence-electron chi connectivity index (χ2n) is 6.00. The number of thiazole rings is 1. The van der Waals surface area contributed by atoms with Gasteiger partial charge < -0.3 is 10.0 Å². The van der Waals surface area contributed by atoms with Gasteiger partial charge in [0.15, 0.2) is 0 Å². The number of piperidine rings is 1. The van der Waals surface area contributed by atoms with Crippen LogP contribution in [0.15, 0.2) is 0 Å². The summed E-state index contributed by atoms with van der Waals surface area (Å²) in [6.45, 7) is 3.16. The maximum atomic E-state index is 12.6. The smallest absolute Gasteiger partial charge is 0.265 e. The highest BCUT2D eigenvalue weighted by Gasteiger charge is 2.28. The zero-order valence-electron chi connectivity index (χ0n) is 12.0. The summed E-state index contributed by atoms with van der Waals surface area (Å²) in [7, 11) is 0. The van der Waals surface area contributed by atoms with E-state index in [1.807, 2.05) is 6.92 Å². The average Bonchev–Trinajstić information content (AvgIpc) is 3.07. The summed E-state index contributed by atoms with van der Waals surface area (Å²) in [5.74, 6) is 0.621. The van der Waals surface area contributed by atoms with Gasteiger partial charge in [0, 0.05) is 19.0 Å². The molecule has 2 heterocycles. The van der Waals surface area contributed by atoms with E-state index in [1.165, 1.54) is 25.7 Å². The van der Waals surface area contributed by atoms with E-state index in [9.17, 15) is 9.90 Å². The SMILES string of the molecule is Cc1nc(C2CCCC2)sc1C(=O)N1CCCC(O)C1. The fourth-order valence-corrected chi connectivity index (χ4v) is 4.45. The van der Waals surface area contributed by atoms with Gasteiger partial charge in [0.1, 0.15) is 4.88 Å². The Kier molecular flexibility index (Phi) is 4.08. The minimum Gasteiger partial charge on any atom is -0.391 e. The van der Waals surface area contributed by atoms with Crippen LogP contribution < -0.4 is 0 Å². The largest absolute Gasteiger partial charge is 0.391 e. The zero-order valence-corrected chi connectivity index (χ0v) is 12.8. The van der Waals surface area contributed by atoms with Gasteiger partial charge in [0.05, 0.1) is 16.8 Å². The maximum Gasteiger partial charge on any atom is 0.265 e. The highest BCUT2D eigenvalue weighted by atomic mass is 32.1. The maximum absolute atomic E-state index is 12.6. The van der Waals surface area contributed by atoms with Crippen molar-refractivity contribution in [3.8, 4) is 0 Å². The first kappa shape index (κ1) is 14.0. The number of carbonyl (C=O) groups excluding carboxylic acids is 1. The third kappa shape index (κ3) is 2.74. The van der Waals surface area contributed by atoms with Gasteiger partial charge in [-0.15, -0.1) is 11.3 Å². The zero-order chi connectivity index (χ0) is 14.1. The van der Waals surface area contributed by atoms with Crippen LogP contribution in [0.1, 0.15) is 64.8 Å². The van der Waals surface area contributed by atoms with Crippen molar-refractivity contribution in [1.29, 1.82) is 0 Å². The topological polar surface area (TPSA) is 53.4 Å². The molecule has 1 atom stereocenters. The van der Waals surface area contributed by atoms with E-state index in [2.05, 4.69) is 4.98 Å². The molecule has 0 spiro atoms. The van der Waals surface area contributed by atoms with Gasteiger partial charge in [0.2, 0.25) is 0 Å². The third-order valence-corrected chi connectivity index (χ3v) is 5.70. The van der Waals surface area contributed by atoms with Crippen molar-refractivity contribution in [2.24, 2.45) is 0 Å². The molecule has 3 rings (SSSR count). The number of carbonyl (C=O) groups is 1. The molecule has 1 saturated heterocycles. The van der Waals surface area contributed by atoms with Crippen molar-refractivity contribution in [2.45, 2.75) is 57.5 Å². The summed E-state index contributed by atoms with van der Waals surface area (Å²) >= 11 is 1.58. The van der Waals surface area contributed by atoms with E-state index in [-0.39, 0.29) is 12.0 Å². The lowest BCUT2D eigenvalue weighted by molar-refractivity contribution is 0.0477. The van der Waals surface area contributed by atoms with E-state index < -0.39 is 0 Å². The first-order valence-corrected chi connectivity index (χ1v) is 8.41. The Morgan fingerprint density at radius 3 is 2.75 bits per heavy atom. The molecule has 0 radical (unpaired) electrons. The summed E-state index contributed by atoms with van der Waals surface area (Å²) in [4.78, 5) is 19.8. The van der Waals surface area contributed by atoms with Crippen LogP contribution in [0.25, 0.3) is 0 Å². The van der Waals surface area contributed by atoms with Gasteiger partial charge in [-0.05, 0) is 32.6 Å². The van der Waals surface area contributed by atoms with Crippen LogP contribution in [0.4, 0.5) is 0 Å². The fourth-order valence-electron chi connectivity index (χ4n) is 3.25. The van der Waals surface area contributed by atoms with E-state index in [1.54, 1.807) is 16.2 Å². The summed E-state index contributed by atoms with van der Waals surface area (Å²) in [6.07, 6.45) is 6.32. The van der Waals surface area contributed by atoms with Crippen LogP contribution in [0.3, 0.4) is 0 Å². The van der Waals surface area contributed by atoms with Crippen molar-refractivity contribution < 1.29 is 9.90 Å².